The van der Waals surface area contributed by atoms with E-state index in [0.29, 0.717) is 44.9 Å². The van der Waals surface area contributed by atoms with Crippen molar-refractivity contribution in [1.29, 1.82) is 0 Å². The molecule has 0 bridgehead atoms. The van der Waals surface area contributed by atoms with Crippen LogP contribution in [0.2, 0.25) is 0 Å². The number of halogens is 1. The maximum atomic E-state index is 14.2. The second kappa shape index (κ2) is 13.3. The van der Waals surface area contributed by atoms with Crippen LogP contribution >= 0.6 is 23.1 Å². The summed E-state index contributed by atoms with van der Waals surface area (Å²) < 4.78 is 25.9. The molecule has 1 atom stereocenters. The van der Waals surface area contributed by atoms with Crippen molar-refractivity contribution in [3.63, 3.8) is 0 Å². The number of carbonyl (C=O) groups is 2. The first kappa shape index (κ1) is 30.0. The molecular weight excluding hydrogens is 614 g/mol. The predicted octanol–water partition coefficient (Wildman–Crippen LogP) is 7.18. The molecular formula is C34H26FN3O5S2. The standard InChI is InChI=1S/C34H26FN3O5S2/c1-42-25-16-14-22(15-17-25)30(39)28-29(23-11-7-12-26(18-23)43-19-21-8-3-2-4-9-21)38(32(41)31(28)40)33-36-37-34(45-33)44-20-24-10-5-6-13-27(24)35/h2-18,29,39H,19-20H2,1H3/b30-28+. The smallest absolute Gasteiger partial charge is 0.301 e. The summed E-state index contributed by atoms with van der Waals surface area (Å²) in [5.41, 5.74) is 2.26. The van der Waals surface area contributed by atoms with Gasteiger partial charge in [-0.25, -0.2) is 4.39 Å². The summed E-state index contributed by atoms with van der Waals surface area (Å²) in [6.07, 6.45) is 0. The first-order valence-electron chi connectivity index (χ1n) is 13.8. The van der Waals surface area contributed by atoms with Crippen LogP contribution in [0.3, 0.4) is 0 Å². The van der Waals surface area contributed by atoms with Crippen molar-refractivity contribution < 1.29 is 28.6 Å². The van der Waals surface area contributed by atoms with Crippen molar-refractivity contribution in [1.82, 2.24) is 10.2 Å². The first-order chi connectivity index (χ1) is 21.9. The lowest BCUT2D eigenvalue weighted by Gasteiger charge is -2.23. The van der Waals surface area contributed by atoms with Gasteiger partial charge in [0.15, 0.2) is 4.34 Å². The van der Waals surface area contributed by atoms with E-state index in [9.17, 15) is 19.1 Å². The molecule has 4 aromatic carbocycles. The molecule has 1 aromatic heterocycles. The maximum Gasteiger partial charge on any atom is 0.301 e. The van der Waals surface area contributed by atoms with E-state index in [1.165, 1.54) is 29.8 Å². The van der Waals surface area contributed by atoms with E-state index >= 15 is 0 Å². The first-order valence-corrected chi connectivity index (χ1v) is 15.6. The molecule has 5 aromatic rings. The number of hydrogen-bond donors (Lipinski definition) is 1. The molecule has 1 unspecified atom stereocenters. The predicted molar refractivity (Wildman–Crippen MR) is 171 cm³/mol. The van der Waals surface area contributed by atoms with Gasteiger partial charge in [0.25, 0.3) is 5.78 Å². The molecule has 2 heterocycles. The number of aliphatic hydroxyl groups is 1. The number of ether oxygens (including phenoxy) is 2. The molecule has 6 rings (SSSR count). The fourth-order valence-electron chi connectivity index (χ4n) is 4.88. The van der Waals surface area contributed by atoms with E-state index in [4.69, 9.17) is 9.47 Å². The van der Waals surface area contributed by atoms with Gasteiger partial charge in [0.05, 0.1) is 18.7 Å². The Morgan fingerprint density at radius 1 is 0.933 bits per heavy atom. The Morgan fingerprint density at radius 2 is 1.69 bits per heavy atom. The van der Waals surface area contributed by atoms with E-state index in [1.54, 1.807) is 66.7 Å². The molecule has 226 valence electrons. The Bertz CT molecular complexity index is 1880. The average molecular weight is 640 g/mol. The summed E-state index contributed by atoms with van der Waals surface area (Å²) in [6.45, 7) is 0.315. The zero-order chi connectivity index (χ0) is 31.3. The molecule has 1 aliphatic rings. The quantitative estimate of drug-likeness (QED) is 0.0564. The number of hydrogen-bond acceptors (Lipinski definition) is 9. The monoisotopic (exact) mass is 639 g/mol. The van der Waals surface area contributed by atoms with Crippen LogP contribution in [-0.2, 0) is 21.9 Å². The van der Waals surface area contributed by atoms with Gasteiger partial charge in [-0.15, -0.1) is 10.2 Å². The summed E-state index contributed by atoms with van der Waals surface area (Å²) in [4.78, 5) is 28.5. The van der Waals surface area contributed by atoms with Crippen molar-refractivity contribution in [2.45, 2.75) is 22.7 Å². The van der Waals surface area contributed by atoms with Crippen LogP contribution in [0.4, 0.5) is 9.52 Å². The Balaban J connectivity index is 1.37. The van der Waals surface area contributed by atoms with E-state index in [2.05, 4.69) is 10.2 Å². The molecule has 11 heteroatoms. The van der Waals surface area contributed by atoms with E-state index < -0.39 is 17.7 Å². The van der Waals surface area contributed by atoms with Crippen LogP contribution < -0.4 is 14.4 Å². The van der Waals surface area contributed by atoms with Crippen molar-refractivity contribution in [3.8, 4) is 11.5 Å². The second-order valence-electron chi connectivity index (χ2n) is 9.97. The Morgan fingerprint density at radius 3 is 2.44 bits per heavy atom. The Hall–Kier alpha value is -5.00. The minimum absolute atomic E-state index is 0.0962. The van der Waals surface area contributed by atoms with Gasteiger partial charge in [-0.2, -0.15) is 0 Å². The number of methoxy groups -OCH3 is 1. The van der Waals surface area contributed by atoms with Crippen molar-refractivity contribution in [2.24, 2.45) is 0 Å². The topological polar surface area (TPSA) is 102 Å². The van der Waals surface area contributed by atoms with Gasteiger partial charge >= 0.3 is 5.91 Å². The van der Waals surface area contributed by atoms with Crippen molar-refractivity contribution in [2.75, 3.05) is 12.0 Å². The van der Waals surface area contributed by atoms with Crippen LogP contribution in [0.5, 0.6) is 11.5 Å². The number of aromatic nitrogens is 2. The molecule has 0 radical (unpaired) electrons. The molecule has 1 saturated heterocycles. The van der Waals surface area contributed by atoms with Gasteiger partial charge in [-0.3, -0.25) is 14.5 Å². The number of Topliss-reactive ketones (excluding diaryl/α,β-unsaturated/α-hetero) is 1. The highest BCUT2D eigenvalue weighted by atomic mass is 32.2. The number of amides is 1. The number of anilines is 1. The SMILES string of the molecule is COc1ccc(/C(O)=C2\C(=O)C(=O)N(c3nnc(SCc4ccccc4F)s3)C2c2cccc(OCc3ccccc3)c2)cc1. The molecule has 8 nitrogen and oxygen atoms in total. The minimum Gasteiger partial charge on any atom is -0.507 e. The summed E-state index contributed by atoms with van der Waals surface area (Å²) in [6, 6.07) is 28.7. The van der Waals surface area contributed by atoms with E-state index in [0.717, 1.165) is 16.9 Å². The number of rotatable bonds is 10. The Kier molecular flexibility index (Phi) is 8.90. The van der Waals surface area contributed by atoms with E-state index in [1.807, 2.05) is 30.3 Å². The number of thioether (sulfide) groups is 1. The molecule has 1 N–H and O–H groups in total. The molecule has 0 spiro atoms. The lowest BCUT2D eigenvalue weighted by atomic mass is 9.95. The highest BCUT2D eigenvalue weighted by Gasteiger charge is 2.48. The summed E-state index contributed by atoms with van der Waals surface area (Å²) in [5, 5.41) is 20.1. The largest absolute Gasteiger partial charge is 0.507 e. The maximum absolute atomic E-state index is 14.2. The molecule has 1 amide bonds. The molecule has 0 saturated carbocycles. The van der Waals surface area contributed by atoms with Gasteiger partial charge < -0.3 is 14.6 Å². The normalized spacial score (nSPS) is 15.8. The Labute approximate surface area is 266 Å². The molecule has 0 aliphatic carbocycles. The number of aliphatic hydroxyl groups excluding tert-OH is 1. The van der Waals surface area contributed by atoms with Gasteiger partial charge in [-0.05, 0) is 59.2 Å². The fourth-order valence-corrected chi connectivity index (χ4v) is 6.73. The lowest BCUT2D eigenvalue weighted by Crippen LogP contribution is -2.29. The minimum atomic E-state index is -1.02. The summed E-state index contributed by atoms with van der Waals surface area (Å²) in [5.74, 6) is -0.981. The zero-order valence-electron chi connectivity index (χ0n) is 23.9. The van der Waals surface area contributed by atoms with Crippen molar-refractivity contribution >= 4 is 45.7 Å². The van der Waals surface area contributed by atoms with Gasteiger partial charge in [-0.1, -0.05) is 83.8 Å². The lowest BCUT2D eigenvalue weighted by molar-refractivity contribution is -0.132. The summed E-state index contributed by atoms with van der Waals surface area (Å²) >= 11 is 2.37. The third kappa shape index (κ3) is 6.45. The average Bonchev–Trinajstić information content (AvgIpc) is 3.65. The van der Waals surface area contributed by atoms with Crippen LogP contribution in [0.25, 0.3) is 5.76 Å². The molecule has 1 fully saturated rings. The number of nitrogens with zero attached hydrogens (tertiary/aromatic N) is 3. The zero-order valence-corrected chi connectivity index (χ0v) is 25.6. The van der Waals surface area contributed by atoms with Crippen LogP contribution in [0.1, 0.15) is 28.3 Å². The van der Waals surface area contributed by atoms with Gasteiger partial charge in [0.1, 0.15) is 29.7 Å². The molecule has 1 aliphatic heterocycles. The third-order valence-electron chi connectivity index (χ3n) is 7.14. The van der Waals surface area contributed by atoms with E-state index in [-0.39, 0.29) is 22.3 Å². The number of benzene rings is 4. The number of ketones is 1. The highest BCUT2D eigenvalue weighted by molar-refractivity contribution is 8.00. The highest BCUT2D eigenvalue weighted by Crippen LogP contribution is 2.44. The molecule has 45 heavy (non-hydrogen) atoms. The third-order valence-corrected chi connectivity index (χ3v) is 9.25. The van der Waals surface area contributed by atoms with Gasteiger partial charge in [0.2, 0.25) is 5.13 Å². The van der Waals surface area contributed by atoms with Crippen molar-refractivity contribution in [3.05, 3.63) is 137 Å². The van der Waals surface area contributed by atoms with Crippen LogP contribution in [0, 0.1) is 5.82 Å². The van der Waals surface area contributed by atoms with Crippen LogP contribution in [-0.4, -0.2) is 34.1 Å². The fraction of sp³-hybridized carbons (Fsp3) is 0.118. The number of carbonyl (C=O) groups excluding carboxylic acids is 2. The second-order valence-corrected chi connectivity index (χ2v) is 12.2. The van der Waals surface area contributed by atoms with Crippen LogP contribution in [0.15, 0.2) is 113 Å². The summed E-state index contributed by atoms with van der Waals surface area (Å²) in [7, 11) is 1.53. The van der Waals surface area contributed by atoms with Gasteiger partial charge in [0, 0.05) is 11.3 Å².